The van der Waals surface area contributed by atoms with Gasteiger partial charge in [0.1, 0.15) is 0 Å². The summed E-state index contributed by atoms with van der Waals surface area (Å²) in [5.41, 5.74) is 0. The van der Waals surface area contributed by atoms with Gasteiger partial charge in [-0.1, -0.05) is 32.1 Å². The molecule has 0 bridgehead atoms. The molecule has 1 atom stereocenters. The third-order valence-corrected chi connectivity index (χ3v) is 3.35. The minimum Gasteiger partial charge on any atom is -0.389 e. The highest BCUT2D eigenvalue weighted by atomic mass is 16.5. The lowest BCUT2D eigenvalue weighted by atomic mass is 9.87. The third kappa shape index (κ3) is 6.46. The summed E-state index contributed by atoms with van der Waals surface area (Å²) < 4.78 is 5.15. The summed E-state index contributed by atoms with van der Waals surface area (Å²) in [6, 6.07) is 0. The molecule has 3 heteroatoms. The molecule has 0 amide bonds. The highest BCUT2D eigenvalue weighted by Crippen LogP contribution is 2.25. The van der Waals surface area contributed by atoms with Crippen molar-refractivity contribution < 1.29 is 9.84 Å². The summed E-state index contributed by atoms with van der Waals surface area (Å²) in [4.78, 5) is 0. The van der Waals surface area contributed by atoms with Gasteiger partial charge in [0.25, 0.3) is 0 Å². The summed E-state index contributed by atoms with van der Waals surface area (Å²) in [7, 11) is 0. The second-order valence-electron chi connectivity index (χ2n) is 4.81. The highest BCUT2D eigenvalue weighted by molar-refractivity contribution is 4.67. The van der Waals surface area contributed by atoms with Gasteiger partial charge in [0.05, 0.1) is 12.7 Å². The van der Waals surface area contributed by atoms with Crippen molar-refractivity contribution in [3.05, 3.63) is 0 Å². The summed E-state index contributed by atoms with van der Waals surface area (Å²) >= 11 is 0. The Morgan fingerprint density at radius 1 is 1.31 bits per heavy atom. The van der Waals surface area contributed by atoms with Gasteiger partial charge in [0.2, 0.25) is 0 Å². The lowest BCUT2D eigenvalue weighted by molar-refractivity contribution is 0.0427. The van der Waals surface area contributed by atoms with E-state index in [0.29, 0.717) is 19.8 Å². The summed E-state index contributed by atoms with van der Waals surface area (Å²) in [5, 5.41) is 12.8. The van der Waals surface area contributed by atoms with Crippen LogP contribution in [0.4, 0.5) is 0 Å². The lowest BCUT2D eigenvalue weighted by Crippen LogP contribution is -2.31. The van der Waals surface area contributed by atoms with Crippen LogP contribution in [-0.4, -0.2) is 37.5 Å². The predicted octanol–water partition coefficient (Wildman–Crippen LogP) is 1.94. The van der Waals surface area contributed by atoms with Gasteiger partial charge in [-0.3, -0.25) is 0 Å². The van der Waals surface area contributed by atoms with Crippen molar-refractivity contribution in [2.75, 3.05) is 26.3 Å². The van der Waals surface area contributed by atoms with Gasteiger partial charge < -0.3 is 15.2 Å². The van der Waals surface area contributed by atoms with E-state index in [0.717, 1.165) is 12.5 Å². The van der Waals surface area contributed by atoms with E-state index in [2.05, 4.69) is 5.32 Å². The first-order chi connectivity index (χ1) is 7.83. The second-order valence-corrected chi connectivity index (χ2v) is 4.81. The molecule has 1 aliphatic carbocycles. The molecule has 3 nitrogen and oxygen atoms in total. The van der Waals surface area contributed by atoms with Crippen molar-refractivity contribution in [3.8, 4) is 0 Å². The van der Waals surface area contributed by atoms with Gasteiger partial charge in [-0.2, -0.15) is 0 Å². The predicted molar refractivity (Wildman–Crippen MR) is 66.6 cm³/mol. The molecule has 96 valence electrons. The summed E-state index contributed by atoms with van der Waals surface area (Å²) in [6.07, 6.45) is 7.98. The average molecular weight is 229 g/mol. The van der Waals surface area contributed by atoms with Crippen molar-refractivity contribution in [1.82, 2.24) is 5.32 Å². The number of ether oxygens (including phenoxy) is 1. The fourth-order valence-electron chi connectivity index (χ4n) is 2.36. The Kier molecular flexibility index (Phi) is 7.81. The van der Waals surface area contributed by atoms with Crippen molar-refractivity contribution in [1.29, 1.82) is 0 Å². The highest BCUT2D eigenvalue weighted by Gasteiger charge is 2.12. The summed E-state index contributed by atoms with van der Waals surface area (Å²) in [5.74, 6) is 0.922. The molecule has 1 fully saturated rings. The molecule has 1 rings (SSSR count). The van der Waals surface area contributed by atoms with Crippen molar-refractivity contribution in [2.45, 2.75) is 51.6 Å². The molecule has 0 saturated heterocycles. The largest absolute Gasteiger partial charge is 0.389 e. The van der Waals surface area contributed by atoms with Crippen LogP contribution in [0.5, 0.6) is 0 Å². The molecular weight excluding hydrogens is 202 g/mol. The van der Waals surface area contributed by atoms with Crippen LogP contribution in [0.15, 0.2) is 0 Å². The molecule has 2 N–H and O–H groups in total. The van der Waals surface area contributed by atoms with Crippen LogP contribution in [-0.2, 0) is 4.74 Å². The van der Waals surface area contributed by atoms with Gasteiger partial charge in [0, 0.05) is 13.2 Å². The first kappa shape index (κ1) is 13.9. The van der Waals surface area contributed by atoms with Crippen LogP contribution in [0.25, 0.3) is 0 Å². The Morgan fingerprint density at radius 3 is 2.75 bits per heavy atom. The maximum absolute atomic E-state index is 9.53. The zero-order chi connectivity index (χ0) is 11.6. The van der Waals surface area contributed by atoms with E-state index in [9.17, 15) is 5.11 Å². The molecule has 0 spiro atoms. The van der Waals surface area contributed by atoms with Crippen LogP contribution >= 0.6 is 0 Å². The van der Waals surface area contributed by atoms with Crippen LogP contribution < -0.4 is 5.32 Å². The number of rotatable bonds is 8. The van der Waals surface area contributed by atoms with Crippen molar-refractivity contribution in [2.24, 2.45) is 5.92 Å². The van der Waals surface area contributed by atoms with Crippen LogP contribution in [0.3, 0.4) is 0 Å². The summed E-state index contributed by atoms with van der Waals surface area (Å²) in [6.45, 7) is 4.77. The van der Waals surface area contributed by atoms with Gasteiger partial charge in [-0.25, -0.2) is 0 Å². The lowest BCUT2D eigenvalue weighted by Gasteiger charge is -2.21. The van der Waals surface area contributed by atoms with Crippen LogP contribution in [0, 0.1) is 5.92 Å². The Morgan fingerprint density at radius 2 is 2.06 bits per heavy atom. The minimum atomic E-state index is -0.355. The number of aliphatic hydroxyl groups is 1. The zero-order valence-electron chi connectivity index (χ0n) is 10.6. The molecule has 1 unspecified atom stereocenters. The Balaban J connectivity index is 1.90. The Labute approximate surface area is 99.6 Å². The third-order valence-electron chi connectivity index (χ3n) is 3.35. The van der Waals surface area contributed by atoms with Gasteiger partial charge in [-0.05, 0) is 25.8 Å². The fourth-order valence-corrected chi connectivity index (χ4v) is 2.36. The average Bonchev–Trinajstić information content (AvgIpc) is 2.33. The quantitative estimate of drug-likeness (QED) is 0.625. The first-order valence-electron chi connectivity index (χ1n) is 6.79. The molecule has 0 heterocycles. The topological polar surface area (TPSA) is 41.5 Å². The van der Waals surface area contributed by atoms with E-state index in [4.69, 9.17) is 4.74 Å². The van der Waals surface area contributed by atoms with E-state index in [1.165, 1.54) is 38.5 Å². The van der Waals surface area contributed by atoms with E-state index in [-0.39, 0.29) is 6.10 Å². The van der Waals surface area contributed by atoms with Crippen molar-refractivity contribution in [3.63, 3.8) is 0 Å². The molecule has 0 aromatic rings. The van der Waals surface area contributed by atoms with Crippen molar-refractivity contribution >= 4 is 0 Å². The number of aliphatic hydroxyl groups excluding tert-OH is 1. The van der Waals surface area contributed by atoms with Crippen LogP contribution in [0.1, 0.15) is 45.4 Å². The van der Waals surface area contributed by atoms with Gasteiger partial charge in [0.15, 0.2) is 0 Å². The maximum Gasteiger partial charge on any atom is 0.0897 e. The monoisotopic (exact) mass is 229 g/mol. The van der Waals surface area contributed by atoms with Gasteiger partial charge in [-0.15, -0.1) is 0 Å². The van der Waals surface area contributed by atoms with Crippen LogP contribution in [0.2, 0.25) is 0 Å². The molecule has 0 aliphatic heterocycles. The normalized spacial score (nSPS) is 19.9. The SMILES string of the molecule is CCOCC(O)CNCCC1CCCCC1. The molecule has 0 aromatic heterocycles. The number of hydrogen-bond acceptors (Lipinski definition) is 3. The molecule has 1 aliphatic rings. The molecule has 16 heavy (non-hydrogen) atoms. The molecule has 0 radical (unpaired) electrons. The van der Waals surface area contributed by atoms with E-state index < -0.39 is 0 Å². The molecular formula is C13H27NO2. The van der Waals surface area contributed by atoms with E-state index in [1.807, 2.05) is 6.92 Å². The van der Waals surface area contributed by atoms with E-state index in [1.54, 1.807) is 0 Å². The van der Waals surface area contributed by atoms with Gasteiger partial charge >= 0.3 is 0 Å². The van der Waals surface area contributed by atoms with E-state index >= 15 is 0 Å². The zero-order valence-corrected chi connectivity index (χ0v) is 10.6. The first-order valence-corrected chi connectivity index (χ1v) is 6.79. The Hall–Kier alpha value is -0.120. The fraction of sp³-hybridized carbons (Fsp3) is 1.00. The standard InChI is InChI=1S/C13H27NO2/c1-2-16-11-13(15)10-14-9-8-12-6-4-3-5-7-12/h12-15H,2-11H2,1H3. The number of nitrogens with one attached hydrogen (secondary N) is 1. The molecule has 0 aromatic carbocycles. The second kappa shape index (κ2) is 8.97. The number of hydrogen-bond donors (Lipinski definition) is 2. The molecule has 1 saturated carbocycles. The smallest absolute Gasteiger partial charge is 0.0897 e. The maximum atomic E-state index is 9.53. The Bertz CT molecular complexity index is 158. The minimum absolute atomic E-state index is 0.355.